The summed E-state index contributed by atoms with van der Waals surface area (Å²) in [4.78, 5) is 0. The van der Waals surface area contributed by atoms with Crippen LogP contribution in [0.3, 0.4) is 0 Å². The van der Waals surface area contributed by atoms with Gasteiger partial charge in [-0.3, -0.25) is 0 Å². The first kappa shape index (κ1) is 16.2. The van der Waals surface area contributed by atoms with Crippen LogP contribution < -0.4 is 10.1 Å². The number of hydrogen-bond acceptors (Lipinski definition) is 3. The minimum absolute atomic E-state index is 0.208. The standard InChI is InChI=1S/C17H26FNO2/c1-12-5-3-4-6-15(12)19-10-9-16(20)13-7-8-17(21-2)14(18)11-13/h7-8,11-12,15-16,19-20H,3-6,9-10H2,1-2H3. The molecule has 1 aromatic carbocycles. The summed E-state index contributed by atoms with van der Waals surface area (Å²) >= 11 is 0. The van der Waals surface area contributed by atoms with Crippen LogP contribution in [0.1, 0.15) is 50.7 Å². The van der Waals surface area contributed by atoms with E-state index >= 15 is 0 Å². The van der Waals surface area contributed by atoms with Crippen LogP contribution in [0, 0.1) is 11.7 Å². The summed E-state index contributed by atoms with van der Waals surface area (Å²) < 4.78 is 18.5. The van der Waals surface area contributed by atoms with Gasteiger partial charge in [-0.15, -0.1) is 0 Å². The molecule has 0 amide bonds. The highest BCUT2D eigenvalue weighted by Gasteiger charge is 2.20. The van der Waals surface area contributed by atoms with Crippen LogP contribution in [0.25, 0.3) is 0 Å². The molecule has 1 aliphatic carbocycles. The average molecular weight is 295 g/mol. The van der Waals surface area contributed by atoms with Gasteiger partial charge in [-0.05, 0) is 49.4 Å². The summed E-state index contributed by atoms with van der Waals surface area (Å²) in [5.41, 5.74) is 0.604. The Morgan fingerprint density at radius 3 is 2.81 bits per heavy atom. The maximum atomic E-state index is 13.6. The molecule has 2 N–H and O–H groups in total. The second-order valence-corrected chi connectivity index (χ2v) is 6.02. The Balaban J connectivity index is 1.81. The second kappa shape index (κ2) is 7.76. The summed E-state index contributed by atoms with van der Waals surface area (Å²) in [6.07, 6.45) is 5.06. The van der Waals surface area contributed by atoms with E-state index in [0.717, 1.165) is 6.54 Å². The van der Waals surface area contributed by atoms with Gasteiger partial charge in [0.2, 0.25) is 0 Å². The Hall–Kier alpha value is -1.13. The first-order chi connectivity index (χ1) is 10.1. The van der Waals surface area contributed by atoms with E-state index in [0.29, 0.717) is 23.9 Å². The molecule has 1 saturated carbocycles. The Morgan fingerprint density at radius 1 is 1.38 bits per heavy atom. The van der Waals surface area contributed by atoms with E-state index in [2.05, 4.69) is 12.2 Å². The van der Waals surface area contributed by atoms with E-state index in [1.165, 1.54) is 38.9 Å². The molecule has 0 heterocycles. The maximum Gasteiger partial charge on any atom is 0.165 e. The second-order valence-electron chi connectivity index (χ2n) is 6.02. The zero-order valence-corrected chi connectivity index (χ0v) is 12.9. The lowest BCUT2D eigenvalue weighted by Crippen LogP contribution is -2.38. The third-order valence-electron chi connectivity index (χ3n) is 4.50. The first-order valence-corrected chi connectivity index (χ1v) is 7.86. The van der Waals surface area contributed by atoms with Gasteiger partial charge < -0.3 is 15.2 Å². The molecule has 0 bridgehead atoms. The minimum Gasteiger partial charge on any atom is -0.494 e. The van der Waals surface area contributed by atoms with Crippen LogP contribution in [0.2, 0.25) is 0 Å². The maximum absolute atomic E-state index is 13.6. The highest BCUT2D eigenvalue weighted by Crippen LogP contribution is 2.25. The highest BCUT2D eigenvalue weighted by molar-refractivity contribution is 5.30. The van der Waals surface area contributed by atoms with E-state index in [4.69, 9.17) is 4.74 Å². The third kappa shape index (κ3) is 4.42. The number of aliphatic hydroxyl groups excluding tert-OH is 1. The summed E-state index contributed by atoms with van der Waals surface area (Å²) in [5, 5.41) is 13.7. The number of ether oxygens (including phenoxy) is 1. The fourth-order valence-electron chi connectivity index (χ4n) is 3.08. The zero-order valence-electron chi connectivity index (χ0n) is 12.9. The lowest BCUT2D eigenvalue weighted by molar-refractivity contribution is 0.160. The van der Waals surface area contributed by atoms with E-state index in [9.17, 15) is 9.50 Å². The van der Waals surface area contributed by atoms with Crippen molar-refractivity contribution in [1.82, 2.24) is 5.32 Å². The molecule has 3 atom stereocenters. The van der Waals surface area contributed by atoms with Crippen molar-refractivity contribution in [3.8, 4) is 5.75 Å². The predicted molar refractivity (Wildman–Crippen MR) is 82.0 cm³/mol. The first-order valence-electron chi connectivity index (χ1n) is 7.86. The van der Waals surface area contributed by atoms with Crippen molar-refractivity contribution < 1.29 is 14.2 Å². The molecule has 1 fully saturated rings. The molecule has 0 spiro atoms. The smallest absolute Gasteiger partial charge is 0.165 e. The van der Waals surface area contributed by atoms with Crippen molar-refractivity contribution in [3.05, 3.63) is 29.6 Å². The fraction of sp³-hybridized carbons (Fsp3) is 0.647. The summed E-state index contributed by atoms with van der Waals surface area (Å²) in [6, 6.07) is 5.19. The largest absolute Gasteiger partial charge is 0.494 e. The van der Waals surface area contributed by atoms with Crippen molar-refractivity contribution in [2.75, 3.05) is 13.7 Å². The van der Waals surface area contributed by atoms with Crippen molar-refractivity contribution >= 4 is 0 Å². The molecule has 0 radical (unpaired) electrons. The van der Waals surface area contributed by atoms with Gasteiger partial charge in [-0.2, -0.15) is 0 Å². The number of rotatable bonds is 6. The molecule has 1 aliphatic rings. The van der Waals surface area contributed by atoms with Crippen LogP contribution in [-0.4, -0.2) is 24.8 Å². The van der Waals surface area contributed by atoms with Gasteiger partial charge in [0.1, 0.15) is 0 Å². The number of aliphatic hydroxyl groups is 1. The van der Waals surface area contributed by atoms with E-state index in [1.807, 2.05) is 0 Å². The van der Waals surface area contributed by atoms with Crippen molar-refractivity contribution in [2.24, 2.45) is 5.92 Å². The molecule has 21 heavy (non-hydrogen) atoms. The van der Waals surface area contributed by atoms with Crippen molar-refractivity contribution in [3.63, 3.8) is 0 Å². The van der Waals surface area contributed by atoms with Crippen molar-refractivity contribution in [1.29, 1.82) is 0 Å². The van der Waals surface area contributed by atoms with Crippen molar-refractivity contribution in [2.45, 2.75) is 51.2 Å². The van der Waals surface area contributed by atoms with Gasteiger partial charge in [-0.1, -0.05) is 25.8 Å². The third-order valence-corrected chi connectivity index (χ3v) is 4.50. The molecule has 3 nitrogen and oxygen atoms in total. The number of benzene rings is 1. The number of halogens is 1. The monoisotopic (exact) mass is 295 g/mol. The summed E-state index contributed by atoms with van der Waals surface area (Å²) in [5.74, 6) is 0.484. The molecular formula is C17H26FNO2. The predicted octanol–water partition coefficient (Wildman–Crippen LogP) is 3.43. The van der Waals surface area contributed by atoms with Gasteiger partial charge in [0.15, 0.2) is 11.6 Å². The van der Waals surface area contributed by atoms with Gasteiger partial charge in [0.25, 0.3) is 0 Å². The lowest BCUT2D eigenvalue weighted by atomic mass is 9.86. The highest BCUT2D eigenvalue weighted by atomic mass is 19.1. The molecule has 0 aliphatic heterocycles. The molecule has 0 saturated heterocycles. The fourth-order valence-corrected chi connectivity index (χ4v) is 3.08. The number of nitrogens with one attached hydrogen (secondary N) is 1. The SMILES string of the molecule is COc1ccc(C(O)CCNC2CCCCC2C)cc1F. The molecule has 3 unspecified atom stereocenters. The quantitative estimate of drug-likeness (QED) is 0.845. The molecule has 118 valence electrons. The minimum atomic E-state index is -0.642. The number of hydrogen-bond donors (Lipinski definition) is 2. The van der Waals surface area contributed by atoms with Crippen LogP contribution >= 0.6 is 0 Å². The average Bonchev–Trinajstić information content (AvgIpc) is 2.49. The summed E-state index contributed by atoms with van der Waals surface area (Å²) in [6.45, 7) is 3.04. The molecular weight excluding hydrogens is 269 g/mol. The molecule has 1 aromatic rings. The zero-order chi connectivity index (χ0) is 15.2. The van der Waals surface area contributed by atoms with Crippen LogP contribution in [0.5, 0.6) is 5.75 Å². The van der Waals surface area contributed by atoms with Gasteiger partial charge in [0, 0.05) is 6.04 Å². The topological polar surface area (TPSA) is 41.5 Å². The molecule has 4 heteroatoms. The molecule has 0 aromatic heterocycles. The van der Waals surface area contributed by atoms with Gasteiger partial charge in [-0.25, -0.2) is 4.39 Å². The van der Waals surface area contributed by atoms with E-state index in [1.54, 1.807) is 12.1 Å². The van der Waals surface area contributed by atoms with E-state index < -0.39 is 11.9 Å². The molecule has 2 rings (SSSR count). The van der Waals surface area contributed by atoms with Gasteiger partial charge in [0.05, 0.1) is 13.2 Å². The Kier molecular flexibility index (Phi) is 6.00. The van der Waals surface area contributed by atoms with E-state index in [-0.39, 0.29) is 5.75 Å². The Labute approximate surface area is 126 Å². The summed E-state index contributed by atoms with van der Waals surface area (Å²) in [7, 11) is 1.43. The van der Waals surface area contributed by atoms with Crippen LogP contribution in [0.4, 0.5) is 4.39 Å². The van der Waals surface area contributed by atoms with Crippen LogP contribution in [0.15, 0.2) is 18.2 Å². The number of methoxy groups -OCH3 is 1. The normalized spacial score (nSPS) is 23.8. The lowest BCUT2D eigenvalue weighted by Gasteiger charge is -2.30. The Morgan fingerprint density at radius 2 is 2.14 bits per heavy atom. The van der Waals surface area contributed by atoms with Crippen LogP contribution in [-0.2, 0) is 0 Å². The van der Waals surface area contributed by atoms with Gasteiger partial charge >= 0.3 is 0 Å². The Bertz CT molecular complexity index is 452.